The summed E-state index contributed by atoms with van der Waals surface area (Å²) in [5.74, 6) is 0.0729. The number of H-pyrrole nitrogens is 1. The fourth-order valence-corrected chi connectivity index (χ4v) is 3.74. The first-order chi connectivity index (χ1) is 12.2. The van der Waals surface area contributed by atoms with Crippen molar-refractivity contribution < 1.29 is 4.79 Å². The van der Waals surface area contributed by atoms with Crippen molar-refractivity contribution in [1.82, 2.24) is 30.2 Å². The molecule has 0 fully saturated rings. The molecule has 0 aliphatic rings. The number of aromatic nitrogens is 6. The number of hydrogen-bond donors (Lipinski definition) is 2. The Morgan fingerprint density at radius 1 is 1.40 bits per heavy atom. The predicted molar refractivity (Wildman–Crippen MR) is 97.6 cm³/mol. The molecule has 3 heterocycles. The molecule has 126 valence electrons. The lowest BCUT2D eigenvalue weighted by molar-refractivity contribution is -0.113. The second-order valence-electron chi connectivity index (χ2n) is 5.21. The predicted octanol–water partition coefficient (Wildman–Crippen LogP) is 2.55. The van der Waals surface area contributed by atoms with Crippen LogP contribution in [0.5, 0.6) is 0 Å². The quantitative estimate of drug-likeness (QED) is 0.523. The first-order valence-corrected chi connectivity index (χ1v) is 9.24. The minimum absolute atomic E-state index is 0.146. The van der Waals surface area contributed by atoms with E-state index in [1.54, 1.807) is 7.05 Å². The van der Waals surface area contributed by atoms with Crippen molar-refractivity contribution >= 4 is 45.0 Å². The van der Waals surface area contributed by atoms with Gasteiger partial charge in [0.25, 0.3) is 0 Å². The van der Waals surface area contributed by atoms with Crippen LogP contribution >= 0.6 is 23.1 Å². The molecule has 0 radical (unpaired) electrons. The van der Waals surface area contributed by atoms with Crippen LogP contribution in [0.3, 0.4) is 0 Å². The summed E-state index contributed by atoms with van der Waals surface area (Å²) in [6.45, 7) is 0. The number of benzene rings is 1. The molecule has 0 saturated carbocycles. The van der Waals surface area contributed by atoms with Crippen molar-refractivity contribution in [3.63, 3.8) is 0 Å². The number of thioether (sulfide) groups is 1. The number of aryl methyl sites for hydroxylation is 1. The van der Waals surface area contributed by atoms with Gasteiger partial charge in [0, 0.05) is 35.1 Å². The number of carbonyl (C=O) groups is 1. The van der Waals surface area contributed by atoms with E-state index in [4.69, 9.17) is 0 Å². The molecule has 4 aromatic rings. The van der Waals surface area contributed by atoms with Gasteiger partial charge in [0.15, 0.2) is 5.13 Å². The third-order valence-corrected chi connectivity index (χ3v) is 5.30. The Bertz CT molecular complexity index is 1040. The van der Waals surface area contributed by atoms with Crippen LogP contribution in [-0.4, -0.2) is 41.8 Å². The Kier molecular flexibility index (Phi) is 4.20. The molecule has 0 bridgehead atoms. The van der Waals surface area contributed by atoms with Crippen molar-refractivity contribution in [2.75, 3.05) is 11.1 Å². The zero-order chi connectivity index (χ0) is 17.2. The Hall–Kier alpha value is -2.72. The van der Waals surface area contributed by atoms with E-state index in [0.29, 0.717) is 10.3 Å². The van der Waals surface area contributed by atoms with Gasteiger partial charge < -0.3 is 10.3 Å². The van der Waals surface area contributed by atoms with Crippen molar-refractivity contribution in [1.29, 1.82) is 0 Å². The minimum atomic E-state index is -0.146. The fraction of sp³-hybridized carbons (Fsp3) is 0.133. The second kappa shape index (κ2) is 6.65. The molecule has 10 heteroatoms. The van der Waals surface area contributed by atoms with E-state index in [-0.39, 0.29) is 11.7 Å². The number of tetrazole rings is 1. The summed E-state index contributed by atoms with van der Waals surface area (Å²) >= 11 is 2.67. The molecule has 25 heavy (non-hydrogen) atoms. The number of anilines is 1. The maximum Gasteiger partial charge on any atom is 0.236 e. The SMILES string of the molecule is Cn1nnnc1SCC(=O)Nc1nc(-c2c[nH]c3ccccc23)cs1. The van der Waals surface area contributed by atoms with E-state index in [1.807, 2.05) is 35.8 Å². The Labute approximate surface area is 150 Å². The van der Waals surface area contributed by atoms with Crippen LogP contribution in [-0.2, 0) is 11.8 Å². The number of nitrogens with zero attached hydrogens (tertiary/aromatic N) is 5. The highest BCUT2D eigenvalue weighted by molar-refractivity contribution is 7.99. The number of nitrogens with one attached hydrogen (secondary N) is 2. The number of fused-ring (bicyclic) bond motifs is 1. The number of rotatable bonds is 5. The molecule has 1 amide bonds. The third-order valence-electron chi connectivity index (χ3n) is 3.53. The smallest absolute Gasteiger partial charge is 0.236 e. The molecule has 0 aliphatic carbocycles. The van der Waals surface area contributed by atoms with Crippen LogP contribution < -0.4 is 5.32 Å². The third kappa shape index (κ3) is 3.26. The lowest BCUT2D eigenvalue weighted by atomic mass is 10.1. The number of carbonyl (C=O) groups excluding carboxylic acids is 1. The van der Waals surface area contributed by atoms with Crippen LogP contribution in [0, 0.1) is 0 Å². The Morgan fingerprint density at radius 2 is 2.28 bits per heavy atom. The lowest BCUT2D eigenvalue weighted by Crippen LogP contribution is -2.14. The second-order valence-corrected chi connectivity index (χ2v) is 7.01. The summed E-state index contributed by atoms with van der Waals surface area (Å²) in [4.78, 5) is 19.8. The van der Waals surface area contributed by atoms with Crippen LogP contribution in [0.1, 0.15) is 0 Å². The minimum Gasteiger partial charge on any atom is -0.360 e. The molecule has 0 saturated heterocycles. The molecule has 3 aromatic heterocycles. The van der Waals surface area contributed by atoms with E-state index >= 15 is 0 Å². The van der Waals surface area contributed by atoms with Gasteiger partial charge in [0.1, 0.15) is 0 Å². The number of amides is 1. The average molecular weight is 371 g/mol. The highest BCUT2D eigenvalue weighted by atomic mass is 32.2. The van der Waals surface area contributed by atoms with Crippen LogP contribution in [0.25, 0.3) is 22.2 Å². The lowest BCUT2D eigenvalue weighted by Gasteiger charge is -2.00. The van der Waals surface area contributed by atoms with Crippen LogP contribution in [0.4, 0.5) is 5.13 Å². The van der Waals surface area contributed by atoms with Gasteiger partial charge in [-0.2, -0.15) is 0 Å². The summed E-state index contributed by atoms with van der Waals surface area (Å²) in [6.07, 6.45) is 1.93. The van der Waals surface area contributed by atoms with E-state index < -0.39 is 0 Å². The van der Waals surface area contributed by atoms with Crippen LogP contribution in [0.2, 0.25) is 0 Å². The first-order valence-electron chi connectivity index (χ1n) is 7.38. The number of thiazole rings is 1. The molecule has 1 aromatic carbocycles. The van der Waals surface area contributed by atoms with Gasteiger partial charge in [0.05, 0.1) is 11.4 Å². The maximum absolute atomic E-state index is 12.1. The van der Waals surface area contributed by atoms with Gasteiger partial charge in [-0.15, -0.1) is 16.4 Å². The average Bonchev–Trinajstić information content (AvgIpc) is 3.32. The summed E-state index contributed by atoms with van der Waals surface area (Å²) in [7, 11) is 1.73. The maximum atomic E-state index is 12.1. The van der Waals surface area contributed by atoms with E-state index in [0.717, 1.165) is 22.2 Å². The molecule has 0 aliphatic heterocycles. The monoisotopic (exact) mass is 371 g/mol. The normalized spacial score (nSPS) is 11.1. The summed E-state index contributed by atoms with van der Waals surface area (Å²) in [6, 6.07) is 8.05. The van der Waals surface area contributed by atoms with Crippen LogP contribution in [0.15, 0.2) is 41.0 Å². The van der Waals surface area contributed by atoms with Gasteiger partial charge in [-0.1, -0.05) is 30.0 Å². The first kappa shape index (κ1) is 15.8. The molecule has 4 rings (SSSR count). The molecule has 0 spiro atoms. The van der Waals surface area contributed by atoms with Gasteiger partial charge in [0.2, 0.25) is 11.1 Å². The summed E-state index contributed by atoms with van der Waals surface area (Å²) in [5, 5.41) is 18.1. The standard InChI is InChI=1S/C15H13N7OS2/c1-22-15(19-20-21-22)25-8-13(23)18-14-17-12(7-24-14)10-6-16-11-5-3-2-4-9(10)11/h2-7,16H,8H2,1H3,(H,17,18,23). The van der Waals surface area contributed by atoms with Crippen molar-refractivity contribution in [3.05, 3.63) is 35.8 Å². The number of aromatic amines is 1. The zero-order valence-corrected chi connectivity index (χ0v) is 14.8. The number of para-hydroxylation sites is 1. The highest BCUT2D eigenvalue weighted by Crippen LogP contribution is 2.31. The summed E-state index contributed by atoms with van der Waals surface area (Å²) < 4.78 is 1.52. The molecule has 0 atom stereocenters. The van der Waals surface area contributed by atoms with Crippen molar-refractivity contribution in [2.24, 2.45) is 7.05 Å². The van der Waals surface area contributed by atoms with Gasteiger partial charge in [-0.05, 0) is 16.5 Å². The van der Waals surface area contributed by atoms with E-state index in [9.17, 15) is 4.79 Å². The van der Waals surface area contributed by atoms with Gasteiger partial charge in [-0.3, -0.25) is 4.79 Å². The summed E-state index contributed by atoms with van der Waals surface area (Å²) in [5.41, 5.74) is 2.92. The number of hydrogen-bond acceptors (Lipinski definition) is 7. The molecule has 8 nitrogen and oxygen atoms in total. The Morgan fingerprint density at radius 3 is 3.12 bits per heavy atom. The topological polar surface area (TPSA) is 101 Å². The van der Waals surface area contributed by atoms with Crippen molar-refractivity contribution in [2.45, 2.75) is 5.16 Å². The van der Waals surface area contributed by atoms with Gasteiger partial charge >= 0.3 is 0 Å². The zero-order valence-electron chi connectivity index (χ0n) is 13.1. The fourth-order valence-electron chi connectivity index (χ4n) is 2.37. The van der Waals surface area contributed by atoms with Crippen molar-refractivity contribution in [3.8, 4) is 11.3 Å². The highest BCUT2D eigenvalue weighted by Gasteiger charge is 2.12. The van der Waals surface area contributed by atoms with E-state index in [1.165, 1.54) is 27.8 Å². The molecular weight excluding hydrogens is 358 g/mol. The largest absolute Gasteiger partial charge is 0.360 e. The molecule has 2 N–H and O–H groups in total. The van der Waals surface area contributed by atoms with E-state index in [2.05, 4.69) is 30.8 Å². The Balaban J connectivity index is 1.44. The molecular formula is C15H13N7OS2. The van der Waals surface area contributed by atoms with Gasteiger partial charge in [-0.25, -0.2) is 9.67 Å². The molecule has 0 unspecified atom stereocenters.